The van der Waals surface area contributed by atoms with Crippen LogP contribution < -0.4 is 5.32 Å². The summed E-state index contributed by atoms with van der Waals surface area (Å²) in [5.74, 6) is -0.302. The predicted molar refractivity (Wildman–Crippen MR) is 97.0 cm³/mol. The Labute approximate surface area is 151 Å². The molecule has 0 fully saturated rings. The number of benzene rings is 2. The van der Waals surface area contributed by atoms with Crippen molar-refractivity contribution in [3.63, 3.8) is 0 Å². The second-order valence-electron chi connectivity index (χ2n) is 4.60. The Hall–Kier alpha value is -1.59. The van der Waals surface area contributed by atoms with Gasteiger partial charge in [0.15, 0.2) is 5.13 Å². The molecule has 1 N–H and O–H groups in total. The van der Waals surface area contributed by atoms with Crippen molar-refractivity contribution in [2.75, 3.05) is 5.32 Å². The van der Waals surface area contributed by atoms with Crippen LogP contribution in [0, 0.1) is 0 Å². The molecule has 0 bridgehead atoms. The third-order valence-electron chi connectivity index (χ3n) is 3.06. The zero-order valence-electron chi connectivity index (χ0n) is 11.5. The van der Waals surface area contributed by atoms with Gasteiger partial charge in [-0.1, -0.05) is 53.0 Å². The fourth-order valence-corrected chi connectivity index (χ4v) is 3.17. The molecule has 1 amide bonds. The molecule has 1 heterocycles. The maximum atomic E-state index is 12.2. The average Bonchev–Trinajstić information content (AvgIpc) is 2.98. The van der Waals surface area contributed by atoms with Crippen molar-refractivity contribution in [2.45, 2.75) is 0 Å². The summed E-state index contributed by atoms with van der Waals surface area (Å²) in [7, 11) is 0. The van der Waals surface area contributed by atoms with E-state index in [-0.39, 0.29) is 5.91 Å². The van der Waals surface area contributed by atoms with E-state index in [4.69, 9.17) is 34.8 Å². The van der Waals surface area contributed by atoms with Crippen LogP contribution >= 0.6 is 46.1 Å². The number of halogens is 3. The van der Waals surface area contributed by atoms with Crippen molar-refractivity contribution in [3.8, 4) is 11.3 Å². The van der Waals surface area contributed by atoms with Crippen molar-refractivity contribution in [3.05, 3.63) is 68.5 Å². The highest BCUT2D eigenvalue weighted by Gasteiger charge is 2.12. The number of rotatable bonds is 3. The van der Waals surface area contributed by atoms with Gasteiger partial charge < -0.3 is 0 Å². The lowest BCUT2D eigenvalue weighted by Crippen LogP contribution is -2.11. The lowest BCUT2D eigenvalue weighted by Gasteiger charge is -2.03. The highest BCUT2D eigenvalue weighted by Crippen LogP contribution is 2.30. The summed E-state index contributed by atoms with van der Waals surface area (Å²) in [6.07, 6.45) is 0. The molecule has 3 aromatic rings. The number of hydrogen-bond donors (Lipinski definition) is 1. The minimum Gasteiger partial charge on any atom is -0.298 e. The standard InChI is InChI=1S/C16H9Cl3N2OS/c17-11-4-2-1-3-10(11)14-8-23-16(20-14)21-15(22)9-5-6-12(18)13(19)7-9/h1-8H,(H,20,21,22). The molecule has 7 heteroatoms. The van der Waals surface area contributed by atoms with Gasteiger partial charge in [0.2, 0.25) is 0 Å². The Bertz CT molecular complexity index is 879. The summed E-state index contributed by atoms with van der Waals surface area (Å²) in [6, 6.07) is 12.1. The van der Waals surface area contributed by atoms with Crippen LogP contribution in [0.15, 0.2) is 47.8 Å². The molecule has 116 valence electrons. The smallest absolute Gasteiger partial charge is 0.257 e. The van der Waals surface area contributed by atoms with Gasteiger partial charge in [-0.2, -0.15) is 0 Å². The van der Waals surface area contributed by atoms with Gasteiger partial charge in [0.25, 0.3) is 5.91 Å². The highest BCUT2D eigenvalue weighted by atomic mass is 35.5. The van der Waals surface area contributed by atoms with Crippen LogP contribution in [0.3, 0.4) is 0 Å². The van der Waals surface area contributed by atoms with Crippen LogP contribution in [-0.4, -0.2) is 10.9 Å². The predicted octanol–water partition coefficient (Wildman–Crippen LogP) is 6.02. The van der Waals surface area contributed by atoms with Gasteiger partial charge in [-0.25, -0.2) is 4.98 Å². The van der Waals surface area contributed by atoms with E-state index in [1.165, 1.54) is 17.4 Å². The van der Waals surface area contributed by atoms with Crippen LogP contribution in [0.5, 0.6) is 0 Å². The second kappa shape index (κ2) is 6.89. The summed E-state index contributed by atoms with van der Waals surface area (Å²) in [6.45, 7) is 0. The molecule has 0 saturated heterocycles. The Morgan fingerprint density at radius 3 is 2.52 bits per heavy atom. The maximum absolute atomic E-state index is 12.2. The normalized spacial score (nSPS) is 10.6. The number of aromatic nitrogens is 1. The Balaban J connectivity index is 1.80. The monoisotopic (exact) mass is 382 g/mol. The summed E-state index contributed by atoms with van der Waals surface area (Å²) in [4.78, 5) is 16.6. The van der Waals surface area contributed by atoms with E-state index in [1.54, 1.807) is 18.2 Å². The van der Waals surface area contributed by atoms with Crippen LogP contribution in [-0.2, 0) is 0 Å². The number of thiazole rings is 1. The molecule has 0 spiro atoms. The maximum Gasteiger partial charge on any atom is 0.257 e. The van der Waals surface area contributed by atoms with Crippen molar-refractivity contribution in [2.24, 2.45) is 0 Å². The number of nitrogens with zero attached hydrogens (tertiary/aromatic N) is 1. The van der Waals surface area contributed by atoms with Crippen LogP contribution in [0.2, 0.25) is 15.1 Å². The third kappa shape index (κ3) is 3.67. The number of carbonyl (C=O) groups is 1. The van der Waals surface area contributed by atoms with Crippen LogP contribution in [0.1, 0.15) is 10.4 Å². The van der Waals surface area contributed by atoms with Crippen molar-refractivity contribution in [1.29, 1.82) is 0 Å². The number of hydrogen-bond acceptors (Lipinski definition) is 3. The van der Waals surface area contributed by atoms with Crippen molar-refractivity contribution >= 4 is 57.2 Å². The number of nitrogens with one attached hydrogen (secondary N) is 1. The first-order valence-electron chi connectivity index (χ1n) is 6.51. The van der Waals surface area contributed by atoms with Gasteiger partial charge in [0, 0.05) is 21.5 Å². The van der Waals surface area contributed by atoms with Gasteiger partial charge in [-0.3, -0.25) is 10.1 Å². The number of anilines is 1. The largest absolute Gasteiger partial charge is 0.298 e. The Morgan fingerprint density at radius 2 is 1.78 bits per heavy atom. The van der Waals surface area contributed by atoms with E-state index in [0.29, 0.717) is 31.5 Å². The zero-order valence-corrected chi connectivity index (χ0v) is 14.6. The third-order valence-corrected chi connectivity index (χ3v) is 4.88. The fourth-order valence-electron chi connectivity index (χ4n) is 1.93. The van der Waals surface area contributed by atoms with Gasteiger partial charge in [-0.05, 0) is 24.3 Å². The van der Waals surface area contributed by atoms with Crippen LogP contribution in [0.4, 0.5) is 5.13 Å². The topological polar surface area (TPSA) is 42.0 Å². The summed E-state index contributed by atoms with van der Waals surface area (Å²) < 4.78 is 0. The van der Waals surface area contributed by atoms with E-state index < -0.39 is 0 Å². The highest BCUT2D eigenvalue weighted by molar-refractivity contribution is 7.14. The van der Waals surface area contributed by atoms with Gasteiger partial charge in [0.1, 0.15) is 0 Å². The lowest BCUT2D eigenvalue weighted by atomic mass is 10.2. The molecule has 23 heavy (non-hydrogen) atoms. The first kappa shape index (κ1) is 16.3. The van der Waals surface area contributed by atoms with Crippen molar-refractivity contribution < 1.29 is 4.79 Å². The molecule has 3 nitrogen and oxygen atoms in total. The SMILES string of the molecule is O=C(Nc1nc(-c2ccccc2Cl)cs1)c1ccc(Cl)c(Cl)c1. The molecule has 1 aromatic heterocycles. The molecule has 0 saturated carbocycles. The first-order valence-corrected chi connectivity index (χ1v) is 8.53. The molecule has 0 aliphatic carbocycles. The number of carbonyl (C=O) groups excluding carboxylic acids is 1. The van der Waals surface area contributed by atoms with Gasteiger partial charge in [0.05, 0.1) is 15.7 Å². The quantitative estimate of drug-likeness (QED) is 0.600. The van der Waals surface area contributed by atoms with Gasteiger partial charge >= 0.3 is 0 Å². The number of amides is 1. The van der Waals surface area contributed by atoms with E-state index >= 15 is 0 Å². The fraction of sp³-hybridized carbons (Fsp3) is 0. The lowest BCUT2D eigenvalue weighted by molar-refractivity contribution is 0.102. The van der Waals surface area contributed by atoms with Gasteiger partial charge in [-0.15, -0.1) is 11.3 Å². The molecule has 2 aromatic carbocycles. The molecular formula is C16H9Cl3N2OS. The molecule has 0 unspecified atom stereocenters. The van der Waals surface area contributed by atoms with Crippen LogP contribution in [0.25, 0.3) is 11.3 Å². The molecular weight excluding hydrogens is 375 g/mol. The summed E-state index contributed by atoms with van der Waals surface area (Å²) >= 11 is 19.2. The summed E-state index contributed by atoms with van der Waals surface area (Å²) in [5, 5.41) is 6.40. The van der Waals surface area contributed by atoms with Crippen molar-refractivity contribution in [1.82, 2.24) is 4.98 Å². The van der Waals surface area contributed by atoms with E-state index in [9.17, 15) is 4.79 Å². The zero-order chi connectivity index (χ0) is 16.4. The molecule has 3 rings (SSSR count). The summed E-state index contributed by atoms with van der Waals surface area (Å²) in [5.41, 5.74) is 1.94. The average molecular weight is 384 g/mol. The minimum atomic E-state index is -0.302. The Kier molecular flexibility index (Phi) is 4.87. The second-order valence-corrected chi connectivity index (χ2v) is 6.68. The van der Waals surface area contributed by atoms with E-state index in [0.717, 1.165) is 5.56 Å². The molecule has 0 aliphatic rings. The van der Waals surface area contributed by atoms with E-state index in [2.05, 4.69) is 10.3 Å². The van der Waals surface area contributed by atoms with E-state index in [1.807, 2.05) is 23.6 Å². The minimum absolute atomic E-state index is 0.302. The first-order chi connectivity index (χ1) is 11.0. The Morgan fingerprint density at radius 1 is 1.00 bits per heavy atom. The molecule has 0 atom stereocenters. The molecule has 0 radical (unpaired) electrons. The molecule has 0 aliphatic heterocycles.